The number of aliphatic hydroxyl groups is 1. The minimum Gasteiger partial charge on any atom is -0.508 e. The van der Waals surface area contributed by atoms with E-state index in [1.165, 1.54) is 16.4 Å². The highest BCUT2D eigenvalue weighted by Gasteiger charge is 2.37. The lowest BCUT2D eigenvalue weighted by molar-refractivity contribution is 0.0739. The number of hydrogen-bond acceptors (Lipinski definition) is 5. The van der Waals surface area contributed by atoms with Crippen LogP contribution in [0.2, 0.25) is 10.0 Å². The predicted octanol–water partition coefficient (Wildman–Crippen LogP) is 2.14. The maximum absolute atomic E-state index is 12.6. The summed E-state index contributed by atoms with van der Waals surface area (Å²) in [7, 11) is -3.29. The molecule has 0 aliphatic carbocycles. The molecule has 0 aromatic heterocycles. The molecule has 2 heterocycles. The van der Waals surface area contributed by atoms with Gasteiger partial charge in [-0.15, -0.1) is 0 Å². The van der Waals surface area contributed by atoms with Crippen LogP contribution >= 0.6 is 23.2 Å². The fourth-order valence-electron chi connectivity index (χ4n) is 3.58. The van der Waals surface area contributed by atoms with Crippen LogP contribution in [0.25, 0.3) is 0 Å². The van der Waals surface area contributed by atoms with Crippen molar-refractivity contribution in [1.29, 1.82) is 0 Å². The van der Waals surface area contributed by atoms with E-state index >= 15 is 0 Å². The molecule has 0 spiro atoms. The van der Waals surface area contributed by atoms with Crippen molar-refractivity contribution in [3.8, 4) is 5.75 Å². The molecule has 2 aliphatic heterocycles. The highest BCUT2D eigenvalue weighted by molar-refractivity contribution is 7.89. The lowest BCUT2D eigenvalue weighted by Gasteiger charge is -2.35. The Kier molecular flexibility index (Phi) is 5.82. The number of piperidine rings is 1. The summed E-state index contributed by atoms with van der Waals surface area (Å²) in [6, 6.07) is 2.78. The third-order valence-corrected chi connectivity index (χ3v) is 8.18. The molecule has 2 atom stereocenters. The van der Waals surface area contributed by atoms with Crippen molar-refractivity contribution in [3.63, 3.8) is 0 Å². The van der Waals surface area contributed by atoms with Crippen LogP contribution in [-0.2, 0) is 10.0 Å². The van der Waals surface area contributed by atoms with Gasteiger partial charge in [0, 0.05) is 31.3 Å². The molecule has 0 radical (unpaired) electrons. The number of phenols is 1. The minimum atomic E-state index is -3.29. The third kappa shape index (κ3) is 3.91. The number of nitrogens with one attached hydrogen (secondary N) is 1. The molecule has 0 bridgehead atoms. The second-order valence-electron chi connectivity index (χ2n) is 6.67. The molecule has 9 heteroatoms. The van der Waals surface area contributed by atoms with E-state index < -0.39 is 16.1 Å². The zero-order valence-electron chi connectivity index (χ0n) is 13.7. The lowest BCUT2D eigenvalue weighted by Crippen LogP contribution is -2.44. The van der Waals surface area contributed by atoms with Crippen molar-refractivity contribution in [2.75, 3.05) is 26.2 Å². The molecule has 140 valence electrons. The Morgan fingerprint density at radius 1 is 1.16 bits per heavy atom. The number of aliphatic hydroxyl groups excluding tert-OH is 1. The average Bonchev–Trinajstić information content (AvgIpc) is 3.13. The van der Waals surface area contributed by atoms with Gasteiger partial charge in [-0.05, 0) is 37.8 Å². The molecular formula is C16H22Cl2N2O4S. The van der Waals surface area contributed by atoms with Gasteiger partial charge in [-0.2, -0.15) is 0 Å². The van der Waals surface area contributed by atoms with Crippen LogP contribution < -0.4 is 5.32 Å². The van der Waals surface area contributed by atoms with Crippen LogP contribution in [-0.4, -0.2) is 54.4 Å². The number of rotatable bonds is 4. The molecule has 6 nitrogen and oxygen atoms in total. The number of halogens is 2. The molecule has 3 rings (SSSR count). The standard InChI is InChI=1S/C16H22Cl2N2O4S/c17-13-7-12(15(21)8-14(13)18)16(22)10-2-5-20(6-3-10)25(23,24)11-1-4-19-9-11/h7-8,10-11,16,19,21-22H,1-6,9H2/t11-,16-/m1/s1. The average molecular weight is 409 g/mol. The van der Waals surface area contributed by atoms with Crippen LogP contribution in [0, 0.1) is 5.92 Å². The maximum Gasteiger partial charge on any atom is 0.218 e. The Balaban J connectivity index is 1.67. The van der Waals surface area contributed by atoms with Gasteiger partial charge in [0.15, 0.2) is 0 Å². The van der Waals surface area contributed by atoms with Crippen molar-refractivity contribution in [2.24, 2.45) is 5.92 Å². The molecule has 0 saturated carbocycles. The number of nitrogens with zero attached hydrogens (tertiary/aromatic N) is 1. The summed E-state index contributed by atoms with van der Waals surface area (Å²) in [6.45, 7) is 1.99. The van der Waals surface area contributed by atoms with Crippen LogP contribution in [0.5, 0.6) is 5.75 Å². The van der Waals surface area contributed by atoms with E-state index in [0.29, 0.717) is 44.5 Å². The fourth-order valence-corrected chi connectivity index (χ4v) is 5.80. The van der Waals surface area contributed by atoms with Gasteiger partial charge in [-0.3, -0.25) is 0 Å². The molecule has 1 aromatic rings. The van der Waals surface area contributed by atoms with Gasteiger partial charge < -0.3 is 15.5 Å². The predicted molar refractivity (Wildman–Crippen MR) is 97.6 cm³/mol. The molecule has 0 unspecified atom stereocenters. The van der Waals surface area contributed by atoms with Gasteiger partial charge in [0.25, 0.3) is 0 Å². The zero-order chi connectivity index (χ0) is 18.2. The highest BCUT2D eigenvalue weighted by atomic mass is 35.5. The Morgan fingerprint density at radius 2 is 1.80 bits per heavy atom. The molecule has 25 heavy (non-hydrogen) atoms. The van der Waals surface area contributed by atoms with Crippen LogP contribution in [0.4, 0.5) is 0 Å². The van der Waals surface area contributed by atoms with Gasteiger partial charge in [0.05, 0.1) is 21.4 Å². The molecule has 2 aliphatic rings. The van der Waals surface area contributed by atoms with Crippen molar-refractivity contribution < 1.29 is 18.6 Å². The number of benzene rings is 1. The van der Waals surface area contributed by atoms with E-state index in [1.807, 2.05) is 0 Å². The van der Waals surface area contributed by atoms with Crippen LogP contribution in [0.3, 0.4) is 0 Å². The summed E-state index contributed by atoms with van der Waals surface area (Å²) in [6.07, 6.45) is 0.787. The first kappa shape index (κ1) is 19.2. The summed E-state index contributed by atoms with van der Waals surface area (Å²) in [5.41, 5.74) is 0.329. The molecule has 1 aromatic carbocycles. The van der Waals surface area contributed by atoms with Gasteiger partial charge in [0.2, 0.25) is 10.0 Å². The van der Waals surface area contributed by atoms with Gasteiger partial charge in [-0.25, -0.2) is 12.7 Å². The second kappa shape index (κ2) is 7.58. The van der Waals surface area contributed by atoms with E-state index in [0.717, 1.165) is 6.54 Å². The number of hydrogen-bond donors (Lipinski definition) is 3. The van der Waals surface area contributed by atoms with E-state index in [4.69, 9.17) is 23.2 Å². The molecule has 2 fully saturated rings. The smallest absolute Gasteiger partial charge is 0.218 e. The van der Waals surface area contributed by atoms with Crippen LogP contribution in [0.15, 0.2) is 12.1 Å². The summed E-state index contributed by atoms with van der Waals surface area (Å²) in [5.74, 6) is -0.245. The Bertz CT molecular complexity index is 730. The van der Waals surface area contributed by atoms with E-state index in [9.17, 15) is 18.6 Å². The third-order valence-electron chi connectivity index (χ3n) is 5.13. The summed E-state index contributed by atoms with van der Waals surface area (Å²) >= 11 is 11.8. The first-order valence-corrected chi connectivity index (χ1v) is 10.6. The quantitative estimate of drug-likeness (QED) is 0.709. The van der Waals surface area contributed by atoms with Gasteiger partial charge in [-0.1, -0.05) is 23.2 Å². The highest BCUT2D eigenvalue weighted by Crippen LogP contribution is 2.39. The maximum atomic E-state index is 12.6. The van der Waals surface area contributed by atoms with Gasteiger partial charge in [0.1, 0.15) is 5.75 Å². The Morgan fingerprint density at radius 3 is 2.40 bits per heavy atom. The summed E-state index contributed by atoms with van der Waals surface area (Å²) < 4.78 is 26.8. The summed E-state index contributed by atoms with van der Waals surface area (Å²) in [5, 5.41) is 23.8. The van der Waals surface area contributed by atoms with Gasteiger partial charge >= 0.3 is 0 Å². The number of sulfonamides is 1. The normalized spacial score (nSPS) is 24.5. The molecule has 0 amide bonds. The van der Waals surface area contributed by atoms with Crippen molar-refractivity contribution in [2.45, 2.75) is 30.6 Å². The first-order valence-electron chi connectivity index (χ1n) is 8.36. The van der Waals surface area contributed by atoms with Crippen LogP contribution in [0.1, 0.15) is 30.9 Å². The number of phenolic OH excluding ortho intramolecular Hbond substituents is 1. The number of aromatic hydroxyl groups is 1. The van der Waals surface area contributed by atoms with Crippen molar-refractivity contribution in [1.82, 2.24) is 9.62 Å². The first-order chi connectivity index (χ1) is 11.8. The molecule has 3 N–H and O–H groups in total. The largest absolute Gasteiger partial charge is 0.508 e. The topological polar surface area (TPSA) is 89.9 Å². The minimum absolute atomic E-state index is 0.103. The monoisotopic (exact) mass is 408 g/mol. The Labute approximate surface area is 157 Å². The van der Waals surface area contributed by atoms with Crippen molar-refractivity contribution in [3.05, 3.63) is 27.7 Å². The van der Waals surface area contributed by atoms with E-state index in [2.05, 4.69) is 5.32 Å². The van der Waals surface area contributed by atoms with E-state index in [-0.39, 0.29) is 27.0 Å². The molecule has 2 saturated heterocycles. The molecular weight excluding hydrogens is 387 g/mol. The fraction of sp³-hybridized carbons (Fsp3) is 0.625. The second-order valence-corrected chi connectivity index (χ2v) is 9.69. The Hall–Kier alpha value is -0.570. The zero-order valence-corrected chi connectivity index (χ0v) is 16.0. The summed E-state index contributed by atoms with van der Waals surface area (Å²) in [4.78, 5) is 0. The van der Waals surface area contributed by atoms with E-state index in [1.54, 1.807) is 0 Å². The SMILES string of the molecule is O=S(=O)([C@@H]1CCNC1)N1CCC([C@@H](O)c2cc(Cl)c(Cl)cc2O)CC1. The lowest BCUT2D eigenvalue weighted by atomic mass is 9.88. The van der Waals surface area contributed by atoms with Crippen molar-refractivity contribution >= 4 is 33.2 Å².